The average molecular weight is 417 g/mol. The van der Waals surface area contributed by atoms with Crippen LogP contribution in [-0.4, -0.2) is 33.0 Å². The Labute approximate surface area is 176 Å². The van der Waals surface area contributed by atoms with Crippen molar-refractivity contribution in [2.45, 2.75) is 13.3 Å². The third-order valence-corrected chi connectivity index (χ3v) is 5.96. The van der Waals surface area contributed by atoms with Crippen LogP contribution in [0, 0.1) is 6.92 Å². The van der Waals surface area contributed by atoms with E-state index in [1.165, 1.54) is 11.3 Å². The molecule has 5 rings (SSSR count). The number of methoxy groups -OCH3 is 1. The molecule has 0 radical (unpaired) electrons. The summed E-state index contributed by atoms with van der Waals surface area (Å²) < 4.78 is 5.30. The fourth-order valence-corrected chi connectivity index (χ4v) is 4.46. The summed E-state index contributed by atoms with van der Waals surface area (Å²) in [6.07, 6.45) is 5.77. The zero-order chi connectivity index (χ0) is 20.7. The Balaban J connectivity index is 1.38. The number of rotatable bonds is 5. The van der Waals surface area contributed by atoms with E-state index in [1.54, 1.807) is 13.3 Å². The number of H-pyrrole nitrogens is 2. The van der Waals surface area contributed by atoms with Gasteiger partial charge in [-0.3, -0.25) is 4.79 Å². The second-order valence-electron chi connectivity index (χ2n) is 6.98. The number of hydrogen-bond donors (Lipinski definition) is 3. The number of fused-ring (bicyclic) bond motifs is 2. The van der Waals surface area contributed by atoms with Crippen LogP contribution in [-0.2, 0) is 11.2 Å². The first-order valence-corrected chi connectivity index (χ1v) is 10.3. The summed E-state index contributed by atoms with van der Waals surface area (Å²) in [6.45, 7) is 2.00. The molecule has 0 aliphatic rings. The predicted molar refractivity (Wildman–Crippen MR) is 119 cm³/mol. The SMILES string of the molecule is COc1ccc2[nH]cc(CC(=O)Nc3nc(-c4c[nH]c5ncccc45)c(C)s3)c2c1. The third kappa shape index (κ3) is 3.21. The minimum atomic E-state index is -0.111. The molecule has 7 nitrogen and oxygen atoms in total. The van der Waals surface area contributed by atoms with Crippen molar-refractivity contribution < 1.29 is 9.53 Å². The van der Waals surface area contributed by atoms with Gasteiger partial charge in [0.15, 0.2) is 5.13 Å². The van der Waals surface area contributed by atoms with E-state index in [1.807, 2.05) is 49.6 Å². The van der Waals surface area contributed by atoms with Gasteiger partial charge in [-0.1, -0.05) is 0 Å². The van der Waals surface area contributed by atoms with Gasteiger partial charge in [0.2, 0.25) is 5.91 Å². The van der Waals surface area contributed by atoms with Crippen LogP contribution in [0.15, 0.2) is 48.9 Å². The van der Waals surface area contributed by atoms with Crippen molar-refractivity contribution in [1.82, 2.24) is 19.9 Å². The van der Waals surface area contributed by atoms with E-state index >= 15 is 0 Å². The summed E-state index contributed by atoms with van der Waals surface area (Å²) in [5.41, 5.74) is 4.54. The van der Waals surface area contributed by atoms with E-state index in [-0.39, 0.29) is 12.3 Å². The minimum absolute atomic E-state index is 0.111. The van der Waals surface area contributed by atoms with Crippen LogP contribution in [0.4, 0.5) is 5.13 Å². The van der Waals surface area contributed by atoms with Crippen LogP contribution < -0.4 is 10.1 Å². The molecule has 3 N–H and O–H groups in total. The smallest absolute Gasteiger partial charge is 0.230 e. The first-order valence-electron chi connectivity index (χ1n) is 9.46. The van der Waals surface area contributed by atoms with Gasteiger partial charge in [-0.05, 0) is 42.8 Å². The van der Waals surface area contributed by atoms with Gasteiger partial charge in [-0.2, -0.15) is 0 Å². The molecule has 0 unspecified atom stereocenters. The molecule has 0 saturated carbocycles. The van der Waals surface area contributed by atoms with Crippen molar-refractivity contribution in [3.63, 3.8) is 0 Å². The van der Waals surface area contributed by atoms with Gasteiger partial charge >= 0.3 is 0 Å². The van der Waals surface area contributed by atoms with E-state index < -0.39 is 0 Å². The highest BCUT2D eigenvalue weighted by atomic mass is 32.1. The molecule has 0 spiro atoms. The van der Waals surface area contributed by atoms with Crippen molar-refractivity contribution in [3.8, 4) is 17.0 Å². The number of anilines is 1. The number of aryl methyl sites for hydroxylation is 1. The lowest BCUT2D eigenvalue weighted by atomic mass is 10.1. The molecule has 0 aliphatic carbocycles. The molecule has 8 heteroatoms. The van der Waals surface area contributed by atoms with Crippen molar-refractivity contribution >= 4 is 44.3 Å². The second-order valence-corrected chi connectivity index (χ2v) is 8.18. The number of amides is 1. The molecular formula is C22H19N5O2S. The Bertz CT molecular complexity index is 1380. The maximum absolute atomic E-state index is 12.7. The Kier molecular flexibility index (Phi) is 4.48. The fourth-order valence-electron chi connectivity index (χ4n) is 3.62. The highest BCUT2D eigenvalue weighted by molar-refractivity contribution is 7.16. The number of aromatic nitrogens is 4. The molecule has 5 aromatic rings. The van der Waals surface area contributed by atoms with E-state index in [0.717, 1.165) is 49.4 Å². The van der Waals surface area contributed by atoms with Gasteiger partial charge < -0.3 is 20.0 Å². The van der Waals surface area contributed by atoms with Gasteiger partial charge in [0.25, 0.3) is 0 Å². The number of carbonyl (C=O) groups is 1. The number of ether oxygens (including phenoxy) is 1. The van der Waals surface area contributed by atoms with Crippen LogP contribution >= 0.6 is 11.3 Å². The molecule has 1 aromatic carbocycles. The van der Waals surface area contributed by atoms with Crippen molar-refractivity contribution in [3.05, 3.63) is 59.4 Å². The Morgan fingerprint density at radius 1 is 1.20 bits per heavy atom. The lowest BCUT2D eigenvalue weighted by Gasteiger charge is -2.03. The molecule has 4 heterocycles. The first kappa shape index (κ1) is 18.4. The Morgan fingerprint density at radius 2 is 2.10 bits per heavy atom. The summed E-state index contributed by atoms with van der Waals surface area (Å²) >= 11 is 1.47. The molecule has 0 bridgehead atoms. The van der Waals surface area contributed by atoms with E-state index in [9.17, 15) is 4.79 Å². The normalized spacial score (nSPS) is 11.3. The molecule has 0 aliphatic heterocycles. The summed E-state index contributed by atoms with van der Waals surface area (Å²) in [4.78, 5) is 29.1. The van der Waals surface area contributed by atoms with Crippen molar-refractivity contribution in [2.75, 3.05) is 12.4 Å². The summed E-state index contributed by atoms with van der Waals surface area (Å²) in [6, 6.07) is 9.69. The van der Waals surface area contributed by atoms with Gasteiger partial charge in [0.1, 0.15) is 11.4 Å². The molecule has 150 valence electrons. The van der Waals surface area contributed by atoms with E-state index in [2.05, 4.69) is 25.3 Å². The number of carbonyl (C=O) groups excluding carboxylic acids is 1. The van der Waals surface area contributed by atoms with Crippen LogP contribution in [0.3, 0.4) is 0 Å². The first-order chi connectivity index (χ1) is 14.6. The molecule has 1 amide bonds. The zero-order valence-corrected chi connectivity index (χ0v) is 17.3. The summed E-state index contributed by atoms with van der Waals surface area (Å²) in [7, 11) is 1.63. The van der Waals surface area contributed by atoms with Crippen LogP contribution in [0.1, 0.15) is 10.4 Å². The molecule has 0 fully saturated rings. The van der Waals surface area contributed by atoms with Crippen LogP contribution in [0.2, 0.25) is 0 Å². The van der Waals surface area contributed by atoms with E-state index in [4.69, 9.17) is 4.74 Å². The molecule has 0 atom stereocenters. The molecule has 4 aromatic heterocycles. The Hall–Kier alpha value is -3.65. The minimum Gasteiger partial charge on any atom is -0.497 e. The maximum Gasteiger partial charge on any atom is 0.230 e. The second kappa shape index (κ2) is 7.31. The lowest BCUT2D eigenvalue weighted by molar-refractivity contribution is -0.115. The van der Waals surface area contributed by atoms with Gasteiger partial charge in [0, 0.05) is 45.3 Å². The quantitative estimate of drug-likeness (QED) is 0.387. The molecule has 0 saturated heterocycles. The molecule has 30 heavy (non-hydrogen) atoms. The zero-order valence-electron chi connectivity index (χ0n) is 16.4. The number of nitrogens with zero attached hydrogens (tertiary/aromatic N) is 2. The summed E-state index contributed by atoms with van der Waals surface area (Å²) in [5, 5.41) is 5.52. The van der Waals surface area contributed by atoms with Crippen molar-refractivity contribution in [1.29, 1.82) is 0 Å². The maximum atomic E-state index is 12.7. The van der Waals surface area contributed by atoms with Gasteiger partial charge in [-0.25, -0.2) is 9.97 Å². The monoisotopic (exact) mass is 417 g/mol. The topological polar surface area (TPSA) is 95.7 Å². The number of aromatic amines is 2. The standard InChI is InChI=1S/C22H19N5O2S/c1-12-20(17-11-25-21-15(17)4-3-7-23-21)27-22(30-12)26-19(28)8-13-10-24-18-6-5-14(29-2)9-16(13)18/h3-7,9-11,24H,8H2,1-2H3,(H,23,25)(H,26,27,28). The fraction of sp³-hybridized carbons (Fsp3) is 0.136. The van der Waals surface area contributed by atoms with E-state index in [0.29, 0.717) is 5.13 Å². The number of pyridine rings is 1. The number of hydrogen-bond acceptors (Lipinski definition) is 5. The van der Waals surface area contributed by atoms with Crippen LogP contribution in [0.25, 0.3) is 33.2 Å². The highest BCUT2D eigenvalue weighted by Crippen LogP contribution is 2.34. The molecular weight excluding hydrogens is 398 g/mol. The number of nitrogens with one attached hydrogen (secondary N) is 3. The third-order valence-electron chi connectivity index (χ3n) is 5.07. The number of thiazole rings is 1. The predicted octanol–water partition coefficient (Wildman–Crippen LogP) is 4.67. The van der Waals surface area contributed by atoms with Gasteiger partial charge in [0.05, 0.1) is 19.2 Å². The van der Waals surface area contributed by atoms with Crippen LogP contribution in [0.5, 0.6) is 5.75 Å². The largest absolute Gasteiger partial charge is 0.497 e. The van der Waals surface area contributed by atoms with Crippen molar-refractivity contribution in [2.24, 2.45) is 0 Å². The highest BCUT2D eigenvalue weighted by Gasteiger charge is 2.16. The lowest BCUT2D eigenvalue weighted by Crippen LogP contribution is -2.14. The average Bonchev–Trinajstić information content (AvgIpc) is 3.44. The summed E-state index contributed by atoms with van der Waals surface area (Å²) in [5.74, 6) is 0.650. The Morgan fingerprint density at radius 3 is 2.97 bits per heavy atom. The number of benzene rings is 1. The van der Waals surface area contributed by atoms with Gasteiger partial charge in [-0.15, -0.1) is 11.3 Å².